The third-order valence-electron chi connectivity index (χ3n) is 3.54. The van der Waals surface area contributed by atoms with Gasteiger partial charge in [0.15, 0.2) is 8.29 Å². The van der Waals surface area contributed by atoms with Crippen LogP contribution in [0, 0.1) is 3.95 Å². The fraction of sp³-hybridized carbons (Fsp3) is 0.167. The Labute approximate surface area is 160 Å². The number of hydrogen-bond acceptors (Lipinski definition) is 5. The van der Waals surface area contributed by atoms with Crippen molar-refractivity contribution in [1.29, 1.82) is 0 Å². The Morgan fingerprint density at radius 2 is 1.80 bits per heavy atom. The number of rotatable bonds is 6. The molecule has 0 unspecified atom stereocenters. The van der Waals surface area contributed by atoms with Crippen molar-refractivity contribution in [2.45, 2.75) is 10.9 Å². The van der Waals surface area contributed by atoms with Gasteiger partial charge < -0.3 is 4.90 Å². The Hall–Kier alpha value is -1.96. The van der Waals surface area contributed by atoms with Crippen LogP contribution in [0.1, 0.15) is 5.56 Å². The van der Waals surface area contributed by atoms with E-state index in [9.17, 15) is 4.79 Å². The lowest BCUT2D eigenvalue weighted by Crippen LogP contribution is -2.27. The highest BCUT2D eigenvalue weighted by molar-refractivity contribution is 8.01. The summed E-state index contributed by atoms with van der Waals surface area (Å²) < 4.78 is 3.22. The van der Waals surface area contributed by atoms with E-state index in [2.05, 4.69) is 5.10 Å². The smallest absolute Gasteiger partial charge is 0.233 e. The van der Waals surface area contributed by atoms with Gasteiger partial charge in [0.1, 0.15) is 0 Å². The van der Waals surface area contributed by atoms with Crippen LogP contribution in [0.15, 0.2) is 65.0 Å². The molecule has 0 bridgehead atoms. The van der Waals surface area contributed by atoms with Crippen molar-refractivity contribution < 1.29 is 4.79 Å². The molecule has 0 radical (unpaired) electrons. The number of aromatic nitrogens is 2. The van der Waals surface area contributed by atoms with Crippen LogP contribution in [0.3, 0.4) is 0 Å². The fourth-order valence-corrected chi connectivity index (χ4v) is 4.53. The van der Waals surface area contributed by atoms with Crippen LogP contribution >= 0.6 is 35.3 Å². The van der Waals surface area contributed by atoms with E-state index in [-0.39, 0.29) is 5.91 Å². The molecule has 3 aromatic rings. The Bertz CT molecular complexity index is 891. The van der Waals surface area contributed by atoms with Gasteiger partial charge in [0.05, 0.1) is 11.4 Å². The zero-order valence-corrected chi connectivity index (χ0v) is 16.1. The van der Waals surface area contributed by atoms with Crippen molar-refractivity contribution in [2.75, 3.05) is 12.8 Å². The van der Waals surface area contributed by atoms with Crippen LogP contribution < -0.4 is 0 Å². The lowest BCUT2D eigenvalue weighted by Gasteiger charge is -2.16. The number of carbonyl (C=O) groups excluding carboxylic acids is 1. The molecule has 0 saturated heterocycles. The van der Waals surface area contributed by atoms with Gasteiger partial charge in [0, 0.05) is 13.6 Å². The van der Waals surface area contributed by atoms with Gasteiger partial charge in [0.2, 0.25) is 5.91 Å². The fourth-order valence-electron chi connectivity index (χ4n) is 2.23. The first kappa shape index (κ1) is 17.8. The molecular weight excluding hydrogens is 370 g/mol. The number of para-hydroxylation sites is 1. The van der Waals surface area contributed by atoms with E-state index in [0.717, 1.165) is 15.6 Å². The van der Waals surface area contributed by atoms with Gasteiger partial charge in [-0.25, -0.2) is 4.68 Å². The summed E-state index contributed by atoms with van der Waals surface area (Å²) in [4.78, 5) is 14.1. The van der Waals surface area contributed by atoms with Gasteiger partial charge in [-0.2, -0.15) is 0 Å². The number of nitrogens with zero attached hydrogens (tertiary/aromatic N) is 3. The Kier molecular flexibility index (Phi) is 6.01. The van der Waals surface area contributed by atoms with E-state index >= 15 is 0 Å². The second-order valence-electron chi connectivity index (χ2n) is 5.41. The van der Waals surface area contributed by atoms with E-state index in [0.29, 0.717) is 16.3 Å². The van der Waals surface area contributed by atoms with Gasteiger partial charge >= 0.3 is 0 Å². The van der Waals surface area contributed by atoms with Crippen LogP contribution in [0.5, 0.6) is 0 Å². The zero-order chi connectivity index (χ0) is 17.6. The number of amides is 1. The van der Waals surface area contributed by atoms with E-state index in [1.54, 1.807) is 9.58 Å². The molecule has 0 fully saturated rings. The van der Waals surface area contributed by atoms with Gasteiger partial charge in [-0.3, -0.25) is 4.79 Å². The van der Waals surface area contributed by atoms with Crippen molar-refractivity contribution in [3.8, 4) is 5.69 Å². The highest BCUT2D eigenvalue weighted by atomic mass is 32.2. The Morgan fingerprint density at radius 1 is 1.16 bits per heavy atom. The normalized spacial score (nSPS) is 10.6. The number of hydrogen-bond donors (Lipinski definition) is 0. The average Bonchev–Trinajstić information content (AvgIpc) is 3.02. The van der Waals surface area contributed by atoms with Crippen LogP contribution in [0.2, 0.25) is 0 Å². The summed E-state index contributed by atoms with van der Waals surface area (Å²) in [6, 6.07) is 19.7. The van der Waals surface area contributed by atoms with Crippen molar-refractivity contribution in [3.63, 3.8) is 0 Å². The number of benzene rings is 2. The molecule has 0 saturated carbocycles. The largest absolute Gasteiger partial charge is 0.341 e. The summed E-state index contributed by atoms with van der Waals surface area (Å²) in [5, 5.41) is 4.52. The summed E-state index contributed by atoms with van der Waals surface area (Å²) in [7, 11) is 1.82. The zero-order valence-electron chi connectivity index (χ0n) is 13.7. The van der Waals surface area contributed by atoms with E-state index in [1.165, 1.54) is 23.1 Å². The van der Waals surface area contributed by atoms with Crippen molar-refractivity contribution in [2.24, 2.45) is 0 Å². The monoisotopic (exact) mass is 387 g/mol. The molecule has 4 nitrogen and oxygen atoms in total. The third kappa shape index (κ3) is 4.78. The quantitative estimate of drug-likeness (QED) is 0.464. The molecule has 2 aromatic carbocycles. The minimum absolute atomic E-state index is 0.0706. The molecule has 3 rings (SSSR count). The van der Waals surface area contributed by atoms with E-state index in [1.807, 2.05) is 67.7 Å². The van der Waals surface area contributed by atoms with Crippen LogP contribution in [0.4, 0.5) is 0 Å². The second-order valence-corrected chi connectivity index (χ2v) is 8.25. The maximum absolute atomic E-state index is 12.3. The molecule has 0 atom stereocenters. The second kappa shape index (κ2) is 8.42. The van der Waals surface area contributed by atoms with Crippen molar-refractivity contribution >= 4 is 41.2 Å². The molecule has 0 N–H and O–H groups in total. The molecule has 25 heavy (non-hydrogen) atoms. The predicted molar refractivity (Wildman–Crippen MR) is 106 cm³/mol. The van der Waals surface area contributed by atoms with Crippen molar-refractivity contribution in [3.05, 3.63) is 70.2 Å². The number of thioether (sulfide) groups is 1. The molecule has 0 aliphatic heterocycles. The molecule has 1 heterocycles. The average molecular weight is 388 g/mol. The molecule has 128 valence electrons. The number of carbonyl (C=O) groups is 1. The lowest BCUT2D eigenvalue weighted by atomic mass is 10.2. The molecule has 0 aliphatic rings. The topological polar surface area (TPSA) is 38.1 Å². The highest BCUT2D eigenvalue weighted by Crippen LogP contribution is 2.24. The molecule has 0 aliphatic carbocycles. The minimum Gasteiger partial charge on any atom is -0.341 e. The minimum atomic E-state index is 0.0706. The Morgan fingerprint density at radius 3 is 2.48 bits per heavy atom. The maximum atomic E-state index is 12.3. The van der Waals surface area contributed by atoms with E-state index in [4.69, 9.17) is 12.2 Å². The summed E-state index contributed by atoms with van der Waals surface area (Å²) in [6.07, 6.45) is 0. The standard InChI is InChI=1S/C18H17N3OS3/c1-20(12-14-8-4-2-5-9-14)16(22)13-24-17-19-21(18(23)25-17)15-10-6-3-7-11-15/h2-11H,12-13H2,1H3. The molecule has 0 spiro atoms. The first-order valence-corrected chi connectivity index (χ1v) is 9.91. The van der Waals surface area contributed by atoms with Crippen molar-refractivity contribution in [1.82, 2.24) is 14.7 Å². The summed E-state index contributed by atoms with van der Waals surface area (Å²) in [6.45, 7) is 0.606. The summed E-state index contributed by atoms with van der Waals surface area (Å²) in [5.74, 6) is 0.418. The summed E-state index contributed by atoms with van der Waals surface area (Å²) >= 11 is 8.23. The van der Waals surface area contributed by atoms with Gasteiger partial charge in [-0.1, -0.05) is 71.6 Å². The van der Waals surface area contributed by atoms with Crippen LogP contribution in [-0.4, -0.2) is 33.4 Å². The molecular formula is C18H17N3OS3. The van der Waals surface area contributed by atoms with Gasteiger partial charge in [0.25, 0.3) is 0 Å². The lowest BCUT2D eigenvalue weighted by molar-refractivity contribution is -0.127. The first-order valence-electron chi connectivity index (χ1n) is 7.70. The highest BCUT2D eigenvalue weighted by Gasteiger charge is 2.12. The Balaban J connectivity index is 1.60. The third-order valence-corrected chi connectivity index (χ3v) is 5.89. The van der Waals surface area contributed by atoms with Gasteiger partial charge in [-0.05, 0) is 29.9 Å². The first-order chi connectivity index (χ1) is 12.1. The van der Waals surface area contributed by atoms with Crippen LogP contribution in [-0.2, 0) is 11.3 Å². The maximum Gasteiger partial charge on any atom is 0.233 e. The van der Waals surface area contributed by atoms with Crippen LogP contribution in [0.25, 0.3) is 5.69 Å². The van der Waals surface area contributed by atoms with E-state index < -0.39 is 0 Å². The SMILES string of the molecule is CN(Cc1ccccc1)C(=O)CSc1nn(-c2ccccc2)c(=S)s1. The molecule has 1 amide bonds. The van der Waals surface area contributed by atoms with Gasteiger partial charge in [-0.15, -0.1) is 5.10 Å². The molecule has 7 heteroatoms. The predicted octanol–water partition coefficient (Wildman–Crippen LogP) is 4.41. The summed E-state index contributed by atoms with van der Waals surface area (Å²) in [5.41, 5.74) is 2.05. The molecule has 1 aromatic heterocycles.